The SMILES string of the molecule is CCCCCN(CCOc1ccccc1N)CCOc1ccccc1N. The number of rotatable bonds is 12. The van der Waals surface area contributed by atoms with Gasteiger partial charge in [0.1, 0.15) is 24.7 Å². The number of anilines is 2. The molecule has 0 aliphatic heterocycles. The van der Waals surface area contributed by atoms with Gasteiger partial charge in [-0.2, -0.15) is 0 Å². The van der Waals surface area contributed by atoms with Gasteiger partial charge < -0.3 is 20.9 Å². The Hall–Kier alpha value is -2.40. The molecule has 142 valence electrons. The van der Waals surface area contributed by atoms with Crippen molar-refractivity contribution in [2.24, 2.45) is 0 Å². The minimum Gasteiger partial charge on any atom is -0.490 e. The maximum atomic E-state index is 5.92. The Morgan fingerprint density at radius 3 is 1.69 bits per heavy atom. The number of nitrogens with zero attached hydrogens (tertiary/aromatic N) is 1. The Bertz CT molecular complexity index is 597. The lowest BCUT2D eigenvalue weighted by Gasteiger charge is -2.23. The molecule has 5 nitrogen and oxygen atoms in total. The molecule has 0 fully saturated rings. The van der Waals surface area contributed by atoms with Crippen LogP contribution < -0.4 is 20.9 Å². The van der Waals surface area contributed by atoms with E-state index in [9.17, 15) is 0 Å². The number of nitrogen functional groups attached to an aromatic ring is 2. The first kappa shape index (κ1) is 19.9. The van der Waals surface area contributed by atoms with E-state index in [-0.39, 0.29) is 0 Å². The number of ether oxygens (including phenoxy) is 2. The molecular formula is C21H31N3O2. The Morgan fingerprint density at radius 2 is 1.23 bits per heavy atom. The van der Waals surface area contributed by atoms with Gasteiger partial charge in [-0.15, -0.1) is 0 Å². The lowest BCUT2D eigenvalue weighted by molar-refractivity contribution is 0.175. The number of para-hydroxylation sites is 4. The van der Waals surface area contributed by atoms with E-state index in [0.717, 1.165) is 31.1 Å². The van der Waals surface area contributed by atoms with Crippen LogP contribution in [0.3, 0.4) is 0 Å². The molecule has 0 radical (unpaired) electrons. The maximum Gasteiger partial charge on any atom is 0.142 e. The smallest absolute Gasteiger partial charge is 0.142 e. The van der Waals surface area contributed by atoms with Gasteiger partial charge in [0.25, 0.3) is 0 Å². The molecule has 0 saturated heterocycles. The van der Waals surface area contributed by atoms with Crippen LogP contribution in [0.2, 0.25) is 0 Å². The second kappa shape index (κ2) is 11.3. The van der Waals surface area contributed by atoms with Gasteiger partial charge in [0, 0.05) is 13.1 Å². The Morgan fingerprint density at radius 1 is 0.731 bits per heavy atom. The van der Waals surface area contributed by atoms with E-state index in [4.69, 9.17) is 20.9 Å². The molecule has 2 aromatic rings. The number of nitrogens with two attached hydrogens (primary N) is 2. The van der Waals surface area contributed by atoms with Gasteiger partial charge in [0.2, 0.25) is 0 Å². The molecule has 0 saturated carbocycles. The van der Waals surface area contributed by atoms with Crippen molar-refractivity contribution in [2.45, 2.75) is 26.2 Å². The molecule has 0 amide bonds. The standard InChI is InChI=1S/C21H31N3O2/c1-2-3-8-13-24(14-16-25-20-11-6-4-9-18(20)22)15-17-26-21-12-7-5-10-19(21)23/h4-7,9-12H,2-3,8,13-17,22-23H2,1H3. The van der Waals surface area contributed by atoms with Crippen LogP contribution >= 0.6 is 0 Å². The van der Waals surface area contributed by atoms with Crippen molar-refractivity contribution in [1.29, 1.82) is 0 Å². The summed E-state index contributed by atoms with van der Waals surface area (Å²) < 4.78 is 11.7. The van der Waals surface area contributed by atoms with Gasteiger partial charge in [-0.3, -0.25) is 4.90 Å². The summed E-state index contributed by atoms with van der Waals surface area (Å²) in [6.45, 7) is 6.14. The predicted octanol–water partition coefficient (Wildman–Crippen LogP) is 3.80. The molecule has 0 bridgehead atoms. The van der Waals surface area contributed by atoms with Crippen LogP contribution in [-0.4, -0.2) is 37.7 Å². The zero-order valence-electron chi connectivity index (χ0n) is 15.7. The van der Waals surface area contributed by atoms with Gasteiger partial charge in [0.15, 0.2) is 0 Å². The third-order valence-electron chi connectivity index (χ3n) is 4.25. The first-order chi connectivity index (χ1) is 12.7. The highest BCUT2D eigenvalue weighted by Gasteiger charge is 2.07. The van der Waals surface area contributed by atoms with Crippen LogP contribution in [0.1, 0.15) is 26.2 Å². The molecule has 2 rings (SSSR count). The Labute approximate surface area is 156 Å². The summed E-state index contributed by atoms with van der Waals surface area (Å²) in [5.41, 5.74) is 13.2. The van der Waals surface area contributed by atoms with E-state index in [1.165, 1.54) is 19.3 Å². The molecule has 0 aliphatic carbocycles. The van der Waals surface area contributed by atoms with Gasteiger partial charge in [0.05, 0.1) is 11.4 Å². The first-order valence-corrected chi connectivity index (χ1v) is 9.37. The van der Waals surface area contributed by atoms with E-state index >= 15 is 0 Å². The van der Waals surface area contributed by atoms with Crippen molar-refractivity contribution in [3.05, 3.63) is 48.5 Å². The predicted molar refractivity (Wildman–Crippen MR) is 109 cm³/mol. The number of hydrogen-bond acceptors (Lipinski definition) is 5. The van der Waals surface area contributed by atoms with Crippen LogP contribution in [0.4, 0.5) is 11.4 Å². The molecule has 4 N–H and O–H groups in total. The second-order valence-corrected chi connectivity index (χ2v) is 6.32. The largest absolute Gasteiger partial charge is 0.490 e. The minimum absolute atomic E-state index is 0.605. The molecule has 0 spiro atoms. The lowest BCUT2D eigenvalue weighted by Crippen LogP contribution is -2.33. The fraction of sp³-hybridized carbons (Fsp3) is 0.429. The van der Waals surface area contributed by atoms with Gasteiger partial charge in [-0.1, -0.05) is 44.0 Å². The normalized spacial score (nSPS) is 10.8. The molecule has 2 aromatic carbocycles. The fourth-order valence-corrected chi connectivity index (χ4v) is 2.71. The van der Waals surface area contributed by atoms with E-state index in [1.54, 1.807) is 0 Å². The van der Waals surface area contributed by atoms with Crippen LogP contribution in [0.5, 0.6) is 11.5 Å². The van der Waals surface area contributed by atoms with Crippen molar-refractivity contribution < 1.29 is 9.47 Å². The average molecular weight is 357 g/mol. The summed E-state index contributed by atoms with van der Waals surface area (Å²) >= 11 is 0. The molecule has 0 heterocycles. The zero-order valence-corrected chi connectivity index (χ0v) is 15.7. The summed E-state index contributed by atoms with van der Waals surface area (Å²) in [4.78, 5) is 2.37. The van der Waals surface area contributed by atoms with Gasteiger partial charge >= 0.3 is 0 Å². The van der Waals surface area contributed by atoms with Crippen molar-refractivity contribution in [1.82, 2.24) is 4.90 Å². The van der Waals surface area contributed by atoms with Crippen molar-refractivity contribution in [3.8, 4) is 11.5 Å². The van der Waals surface area contributed by atoms with E-state index in [2.05, 4.69) is 11.8 Å². The van der Waals surface area contributed by atoms with Crippen LogP contribution in [0, 0.1) is 0 Å². The van der Waals surface area contributed by atoms with E-state index < -0.39 is 0 Å². The van der Waals surface area contributed by atoms with Gasteiger partial charge in [-0.05, 0) is 37.2 Å². The number of benzene rings is 2. The van der Waals surface area contributed by atoms with Crippen molar-refractivity contribution >= 4 is 11.4 Å². The van der Waals surface area contributed by atoms with E-state index in [1.807, 2.05) is 48.5 Å². The molecule has 26 heavy (non-hydrogen) atoms. The van der Waals surface area contributed by atoms with Gasteiger partial charge in [-0.25, -0.2) is 0 Å². The summed E-state index contributed by atoms with van der Waals surface area (Å²) in [6, 6.07) is 15.2. The number of unbranched alkanes of at least 4 members (excludes halogenated alkanes) is 2. The fourth-order valence-electron chi connectivity index (χ4n) is 2.71. The van der Waals surface area contributed by atoms with E-state index in [0.29, 0.717) is 24.6 Å². The first-order valence-electron chi connectivity index (χ1n) is 9.37. The van der Waals surface area contributed by atoms with Crippen LogP contribution in [0.25, 0.3) is 0 Å². The molecule has 5 heteroatoms. The third kappa shape index (κ3) is 6.84. The topological polar surface area (TPSA) is 73.7 Å². The highest BCUT2D eigenvalue weighted by Crippen LogP contribution is 2.20. The monoisotopic (exact) mass is 357 g/mol. The summed E-state index contributed by atoms with van der Waals surface area (Å²) in [5.74, 6) is 1.49. The summed E-state index contributed by atoms with van der Waals surface area (Å²) in [6.07, 6.45) is 3.62. The molecular weight excluding hydrogens is 326 g/mol. The van der Waals surface area contributed by atoms with Crippen LogP contribution in [-0.2, 0) is 0 Å². The maximum absolute atomic E-state index is 5.92. The lowest BCUT2D eigenvalue weighted by atomic mass is 10.2. The molecule has 0 aromatic heterocycles. The molecule has 0 atom stereocenters. The minimum atomic E-state index is 0.605. The highest BCUT2D eigenvalue weighted by atomic mass is 16.5. The zero-order chi connectivity index (χ0) is 18.6. The van der Waals surface area contributed by atoms with Crippen molar-refractivity contribution in [2.75, 3.05) is 44.3 Å². The third-order valence-corrected chi connectivity index (χ3v) is 4.25. The Balaban J connectivity index is 1.78. The van der Waals surface area contributed by atoms with Crippen molar-refractivity contribution in [3.63, 3.8) is 0 Å². The quantitative estimate of drug-likeness (QED) is 0.446. The average Bonchev–Trinajstić information content (AvgIpc) is 2.64. The number of hydrogen-bond donors (Lipinski definition) is 2. The molecule has 0 unspecified atom stereocenters. The summed E-state index contributed by atoms with van der Waals surface area (Å²) in [7, 11) is 0. The van der Waals surface area contributed by atoms with Crippen LogP contribution in [0.15, 0.2) is 48.5 Å². The highest BCUT2D eigenvalue weighted by molar-refractivity contribution is 5.52. The summed E-state index contributed by atoms with van der Waals surface area (Å²) in [5, 5.41) is 0. The Kier molecular flexibility index (Phi) is 8.63. The molecule has 0 aliphatic rings. The second-order valence-electron chi connectivity index (χ2n) is 6.32.